The second kappa shape index (κ2) is 7.73. The van der Waals surface area contributed by atoms with Crippen LogP contribution in [-0.2, 0) is 16.6 Å². The van der Waals surface area contributed by atoms with Gasteiger partial charge in [-0.2, -0.15) is 0 Å². The molecule has 1 saturated carbocycles. The first kappa shape index (κ1) is 21.5. The monoisotopic (exact) mass is 474 g/mol. The summed E-state index contributed by atoms with van der Waals surface area (Å²) in [6, 6.07) is 18.0. The van der Waals surface area contributed by atoms with Crippen LogP contribution >= 0.6 is 0 Å². The van der Waals surface area contributed by atoms with Crippen LogP contribution in [0.4, 0.5) is 8.78 Å². The van der Waals surface area contributed by atoms with Crippen LogP contribution in [0.25, 0.3) is 22.0 Å². The summed E-state index contributed by atoms with van der Waals surface area (Å²) in [5.74, 6) is 0.409. The maximum absolute atomic E-state index is 13.5. The minimum absolute atomic E-state index is 0.00953. The number of methoxy groups -OCH3 is 1. The van der Waals surface area contributed by atoms with E-state index in [2.05, 4.69) is 14.5 Å². The predicted molar refractivity (Wildman–Crippen MR) is 124 cm³/mol. The van der Waals surface area contributed by atoms with Crippen LogP contribution in [0, 0.1) is 0 Å². The van der Waals surface area contributed by atoms with Gasteiger partial charge in [0.15, 0.2) is 11.5 Å². The van der Waals surface area contributed by atoms with Gasteiger partial charge in [0.1, 0.15) is 5.78 Å². The zero-order valence-corrected chi connectivity index (χ0v) is 18.8. The maximum atomic E-state index is 13.5. The number of ketones is 1. The smallest absolute Gasteiger partial charge is 0.481 e. The number of hydrogen-bond acceptors (Lipinski definition) is 6. The van der Waals surface area contributed by atoms with Crippen LogP contribution in [0.2, 0.25) is 0 Å². The van der Waals surface area contributed by atoms with Gasteiger partial charge in [-0.1, -0.05) is 30.3 Å². The van der Waals surface area contributed by atoms with Gasteiger partial charge in [0.25, 0.3) is 0 Å². The summed E-state index contributed by atoms with van der Waals surface area (Å²) in [6.07, 6.45) is -0.588. The molecule has 4 aromatic rings. The Bertz CT molecular complexity index is 1470. The molecule has 2 aromatic carbocycles. The Morgan fingerprint density at radius 1 is 1.03 bits per heavy atom. The zero-order valence-electron chi connectivity index (χ0n) is 18.8. The van der Waals surface area contributed by atoms with E-state index in [0.29, 0.717) is 30.0 Å². The number of benzene rings is 2. The lowest BCUT2D eigenvalue weighted by molar-refractivity contribution is -0.286. The Labute approximate surface area is 199 Å². The van der Waals surface area contributed by atoms with E-state index in [0.717, 1.165) is 22.0 Å². The molecule has 0 amide bonds. The van der Waals surface area contributed by atoms with E-state index in [1.165, 1.54) is 12.1 Å². The molecule has 6 nitrogen and oxygen atoms in total. The van der Waals surface area contributed by atoms with Crippen molar-refractivity contribution in [2.75, 3.05) is 7.11 Å². The first-order valence-corrected chi connectivity index (χ1v) is 11.2. The SMILES string of the molecule is COc1ccc(-c2nc(CC(=O)C3(c4ccc5c(c4)OC(F)(F)O5)CC3)cc3ccccc23)cn1. The fourth-order valence-corrected chi connectivity index (χ4v) is 4.64. The summed E-state index contributed by atoms with van der Waals surface area (Å²) in [5.41, 5.74) is 2.11. The van der Waals surface area contributed by atoms with E-state index in [1.54, 1.807) is 25.4 Å². The largest absolute Gasteiger partial charge is 0.586 e. The standard InChI is InChI=1S/C27H20F2N2O4/c1-33-24-9-6-17(15-30-24)25-20-5-3-2-4-16(20)12-19(31-25)14-23(32)26(10-11-26)18-7-8-21-22(13-18)35-27(28,29)34-21/h2-9,12-13,15H,10-11,14H2,1H3. The highest BCUT2D eigenvalue weighted by Crippen LogP contribution is 2.52. The predicted octanol–water partition coefficient (Wildman–Crippen LogP) is 5.47. The Balaban J connectivity index is 1.33. The molecule has 6 rings (SSSR count). The summed E-state index contributed by atoms with van der Waals surface area (Å²) in [4.78, 5) is 22.6. The van der Waals surface area contributed by atoms with E-state index in [-0.39, 0.29) is 23.7 Å². The van der Waals surface area contributed by atoms with E-state index >= 15 is 0 Å². The van der Waals surface area contributed by atoms with Crippen molar-refractivity contribution in [3.63, 3.8) is 0 Å². The molecule has 1 aliphatic heterocycles. The van der Waals surface area contributed by atoms with Gasteiger partial charge in [-0.15, -0.1) is 8.78 Å². The minimum atomic E-state index is -3.69. The third-order valence-corrected chi connectivity index (χ3v) is 6.59. The molecule has 35 heavy (non-hydrogen) atoms. The van der Waals surface area contributed by atoms with Crippen molar-refractivity contribution in [1.82, 2.24) is 9.97 Å². The van der Waals surface area contributed by atoms with Crippen LogP contribution in [0.15, 0.2) is 66.9 Å². The molecule has 2 aromatic heterocycles. The number of halogens is 2. The number of pyridine rings is 2. The second-order valence-corrected chi connectivity index (χ2v) is 8.78. The number of ether oxygens (including phenoxy) is 3. The zero-order chi connectivity index (χ0) is 24.2. The lowest BCUT2D eigenvalue weighted by Crippen LogP contribution is -2.26. The van der Waals surface area contributed by atoms with Crippen LogP contribution in [0.5, 0.6) is 17.4 Å². The van der Waals surface area contributed by atoms with E-state index < -0.39 is 11.7 Å². The summed E-state index contributed by atoms with van der Waals surface area (Å²) in [5, 5.41) is 1.92. The number of aromatic nitrogens is 2. The van der Waals surface area contributed by atoms with E-state index in [4.69, 9.17) is 9.72 Å². The molecule has 8 heteroatoms. The van der Waals surface area contributed by atoms with Crippen LogP contribution in [-0.4, -0.2) is 29.2 Å². The number of hydrogen-bond donors (Lipinski definition) is 0. The number of fused-ring (bicyclic) bond motifs is 2. The number of Topliss-reactive ketones (excluding diaryl/α,β-unsaturated/α-hetero) is 1. The Morgan fingerprint density at radius 2 is 1.83 bits per heavy atom. The third-order valence-electron chi connectivity index (χ3n) is 6.59. The van der Waals surface area contributed by atoms with Crippen molar-refractivity contribution >= 4 is 16.6 Å². The molecule has 0 atom stereocenters. The Hall–Kier alpha value is -4.07. The van der Waals surface area contributed by atoms with Gasteiger partial charge in [-0.3, -0.25) is 9.78 Å². The van der Waals surface area contributed by atoms with Gasteiger partial charge in [0, 0.05) is 35.3 Å². The quantitative estimate of drug-likeness (QED) is 0.369. The first-order valence-electron chi connectivity index (χ1n) is 11.2. The fraction of sp³-hybridized carbons (Fsp3) is 0.222. The molecule has 0 saturated heterocycles. The van der Waals surface area contributed by atoms with Crippen molar-refractivity contribution < 1.29 is 27.8 Å². The molecule has 1 fully saturated rings. The van der Waals surface area contributed by atoms with E-state index in [9.17, 15) is 13.6 Å². The lowest BCUT2D eigenvalue weighted by Gasteiger charge is -2.16. The van der Waals surface area contributed by atoms with Gasteiger partial charge in [0.2, 0.25) is 5.88 Å². The Kier molecular flexibility index (Phi) is 4.74. The molecular formula is C27H20F2N2O4. The molecule has 3 heterocycles. The van der Waals surface area contributed by atoms with Gasteiger partial charge >= 0.3 is 6.29 Å². The summed E-state index contributed by atoms with van der Waals surface area (Å²) in [7, 11) is 1.56. The molecule has 0 spiro atoms. The van der Waals surface area contributed by atoms with Crippen LogP contribution in [0.3, 0.4) is 0 Å². The molecule has 2 aliphatic rings. The van der Waals surface area contributed by atoms with Crippen molar-refractivity contribution in [3.8, 4) is 28.6 Å². The van der Waals surface area contributed by atoms with Gasteiger partial charge in [-0.05, 0) is 48.1 Å². The van der Waals surface area contributed by atoms with Crippen molar-refractivity contribution in [2.45, 2.75) is 31.0 Å². The number of alkyl halides is 2. The number of nitrogens with zero attached hydrogens (tertiary/aromatic N) is 2. The molecular weight excluding hydrogens is 454 g/mol. The topological polar surface area (TPSA) is 70.5 Å². The summed E-state index contributed by atoms with van der Waals surface area (Å²) < 4.78 is 41.1. The van der Waals surface area contributed by atoms with Crippen molar-refractivity contribution in [3.05, 3.63) is 78.1 Å². The number of rotatable bonds is 6. The molecule has 0 unspecified atom stereocenters. The van der Waals surface area contributed by atoms with Gasteiger partial charge < -0.3 is 14.2 Å². The Morgan fingerprint density at radius 3 is 2.57 bits per heavy atom. The highest BCUT2D eigenvalue weighted by Gasteiger charge is 2.52. The summed E-state index contributed by atoms with van der Waals surface area (Å²) in [6.45, 7) is 0. The first-order chi connectivity index (χ1) is 16.9. The maximum Gasteiger partial charge on any atom is 0.586 e. The van der Waals surface area contributed by atoms with Gasteiger partial charge in [0.05, 0.1) is 18.2 Å². The molecule has 0 radical (unpaired) electrons. The van der Waals surface area contributed by atoms with Crippen molar-refractivity contribution in [2.24, 2.45) is 0 Å². The molecule has 0 N–H and O–H groups in total. The van der Waals surface area contributed by atoms with E-state index in [1.807, 2.05) is 36.4 Å². The number of carbonyl (C=O) groups excluding carboxylic acids is 1. The van der Waals surface area contributed by atoms with Gasteiger partial charge in [-0.25, -0.2) is 4.98 Å². The summed E-state index contributed by atoms with van der Waals surface area (Å²) >= 11 is 0. The van der Waals surface area contributed by atoms with Crippen molar-refractivity contribution in [1.29, 1.82) is 0 Å². The lowest BCUT2D eigenvalue weighted by atomic mass is 9.88. The van der Waals surface area contributed by atoms with Crippen LogP contribution in [0.1, 0.15) is 24.1 Å². The highest BCUT2D eigenvalue weighted by molar-refractivity contribution is 5.97. The third kappa shape index (κ3) is 3.75. The second-order valence-electron chi connectivity index (χ2n) is 8.78. The average molecular weight is 474 g/mol. The fourth-order valence-electron chi connectivity index (χ4n) is 4.64. The normalized spacial score (nSPS) is 16.8. The molecule has 176 valence electrons. The highest BCUT2D eigenvalue weighted by atomic mass is 19.3. The number of carbonyl (C=O) groups is 1. The van der Waals surface area contributed by atoms with Crippen LogP contribution < -0.4 is 14.2 Å². The molecule has 1 aliphatic carbocycles. The molecule has 0 bridgehead atoms. The minimum Gasteiger partial charge on any atom is -0.481 e. The average Bonchev–Trinajstić information content (AvgIpc) is 3.60.